The van der Waals surface area contributed by atoms with E-state index in [1.165, 1.54) is 0 Å². The van der Waals surface area contributed by atoms with Crippen molar-refractivity contribution in [1.29, 1.82) is 0 Å². The Morgan fingerprint density at radius 1 is 0.857 bits per heavy atom. The Kier molecular flexibility index (Phi) is 6.22. The second-order valence-electron chi connectivity index (χ2n) is 5.29. The molecule has 0 unspecified atom stereocenters. The second-order valence-corrected chi connectivity index (χ2v) is 7.81. The maximum absolute atomic E-state index is 13.2. The van der Waals surface area contributed by atoms with Crippen LogP contribution in [0.2, 0.25) is 0 Å². The first-order valence-corrected chi connectivity index (χ1v) is 9.52. The Balaban J connectivity index is 2.11. The van der Waals surface area contributed by atoms with E-state index in [0.717, 1.165) is 24.0 Å². The van der Waals surface area contributed by atoms with Gasteiger partial charge in [-0.2, -0.15) is 0 Å². The molecule has 0 bridgehead atoms. The van der Waals surface area contributed by atoms with Crippen molar-refractivity contribution in [2.45, 2.75) is 32.1 Å². The van der Waals surface area contributed by atoms with Gasteiger partial charge in [0.2, 0.25) is 7.37 Å². The molecule has 0 N–H and O–H groups in total. The summed E-state index contributed by atoms with van der Waals surface area (Å²) in [5.74, 6) is 0. The van der Waals surface area contributed by atoms with Crippen molar-refractivity contribution < 1.29 is 9.09 Å². The second kappa shape index (κ2) is 8.17. The summed E-state index contributed by atoms with van der Waals surface area (Å²) < 4.78 is 19.0. The maximum atomic E-state index is 13.2. The zero-order chi connectivity index (χ0) is 15.0. The SMILES string of the molecule is CCCCOP(=O)(Cc1ccccc1)Cc1ccccc1. The first-order valence-electron chi connectivity index (χ1n) is 7.52. The monoisotopic (exact) mass is 302 g/mol. The smallest absolute Gasteiger partial charge is 0.211 e. The van der Waals surface area contributed by atoms with Crippen LogP contribution >= 0.6 is 7.37 Å². The summed E-state index contributed by atoms with van der Waals surface area (Å²) in [7, 11) is -2.69. The van der Waals surface area contributed by atoms with Crippen LogP contribution in [0.3, 0.4) is 0 Å². The van der Waals surface area contributed by atoms with Gasteiger partial charge in [-0.15, -0.1) is 0 Å². The van der Waals surface area contributed by atoms with Gasteiger partial charge in [0, 0.05) is 0 Å². The molecule has 0 atom stereocenters. The molecule has 2 aromatic rings. The Labute approximate surface area is 127 Å². The highest BCUT2D eigenvalue weighted by Gasteiger charge is 2.24. The van der Waals surface area contributed by atoms with E-state index in [2.05, 4.69) is 6.92 Å². The summed E-state index contributed by atoms with van der Waals surface area (Å²) in [4.78, 5) is 0. The molecule has 0 amide bonds. The van der Waals surface area contributed by atoms with Crippen LogP contribution in [0.25, 0.3) is 0 Å². The predicted octanol–water partition coefficient (Wildman–Crippen LogP) is 5.48. The Hall–Kier alpha value is -1.37. The van der Waals surface area contributed by atoms with Gasteiger partial charge in [-0.3, -0.25) is 4.57 Å². The van der Waals surface area contributed by atoms with E-state index in [0.29, 0.717) is 18.9 Å². The fourth-order valence-electron chi connectivity index (χ4n) is 2.25. The zero-order valence-electron chi connectivity index (χ0n) is 12.6. The average Bonchev–Trinajstić information content (AvgIpc) is 2.49. The number of rotatable bonds is 8. The molecule has 0 saturated carbocycles. The van der Waals surface area contributed by atoms with Crippen LogP contribution in [0.15, 0.2) is 60.7 Å². The first kappa shape index (κ1) is 16.0. The van der Waals surface area contributed by atoms with Crippen molar-refractivity contribution in [3.05, 3.63) is 71.8 Å². The van der Waals surface area contributed by atoms with E-state index in [1.807, 2.05) is 60.7 Å². The quantitative estimate of drug-likeness (QED) is 0.476. The summed E-state index contributed by atoms with van der Waals surface area (Å²) in [6.07, 6.45) is 3.02. The Morgan fingerprint density at radius 2 is 1.33 bits per heavy atom. The third kappa shape index (κ3) is 5.49. The van der Waals surface area contributed by atoms with Crippen LogP contribution in [-0.4, -0.2) is 6.61 Å². The molecular formula is C18H23O2P. The maximum Gasteiger partial charge on any atom is 0.211 e. The molecule has 0 aromatic heterocycles. The van der Waals surface area contributed by atoms with Crippen LogP contribution in [0.4, 0.5) is 0 Å². The van der Waals surface area contributed by atoms with Crippen molar-refractivity contribution in [1.82, 2.24) is 0 Å². The van der Waals surface area contributed by atoms with E-state index >= 15 is 0 Å². The van der Waals surface area contributed by atoms with Crippen LogP contribution in [-0.2, 0) is 21.4 Å². The predicted molar refractivity (Wildman–Crippen MR) is 88.8 cm³/mol. The lowest BCUT2D eigenvalue weighted by Gasteiger charge is -2.19. The average molecular weight is 302 g/mol. The van der Waals surface area contributed by atoms with Gasteiger partial charge >= 0.3 is 0 Å². The van der Waals surface area contributed by atoms with Crippen LogP contribution < -0.4 is 0 Å². The van der Waals surface area contributed by atoms with Crippen molar-refractivity contribution in [3.8, 4) is 0 Å². The molecule has 2 nitrogen and oxygen atoms in total. The van der Waals surface area contributed by atoms with Gasteiger partial charge in [-0.1, -0.05) is 74.0 Å². The number of unbranched alkanes of at least 4 members (excludes halogenated alkanes) is 1. The molecule has 0 aliphatic rings. The minimum Gasteiger partial charge on any atom is -0.328 e. The molecule has 0 aliphatic carbocycles. The van der Waals surface area contributed by atoms with E-state index in [1.54, 1.807) is 0 Å². The molecule has 0 aliphatic heterocycles. The molecule has 3 heteroatoms. The lowest BCUT2D eigenvalue weighted by atomic mass is 10.2. The normalized spacial score (nSPS) is 11.5. The van der Waals surface area contributed by atoms with Crippen LogP contribution in [0.1, 0.15) is 30.9 Å². The first-order chi connectivity index (χ1) is 10.2. The third-order valence-electron chi connectivity index (χ3n) is 3.36. The number of benzene rings is 2. The third-order valence-corrected chi connectivity index (χ3v) is 5.70. The topological polar surface area (TPSA) is 26.3 Å². The Morgan fingerprint density at radius 3 is 1.76 bits per heavy atom. The minimum absolute atomic E-state index is 0.506. The standard InChI is InChI=1S/C18H23O2P/c1-2-3-14-20-21(19,15-17-10-6-4-7-11-17)16-18-12-8-5-9-13-18/h4-13H,2-3,14-16H2,1H3. The summed E-state index contributed by atoms with van der Waals surface area (Å²) >= 11 is 0. The van der Waals surface area contributed by atoms with Crippen molar-refractivity contribution >= 4 is 7.37 Å². The van der Waals surface area contributed by atoms with Gasteiger partial charge < -0.3 is 4.52 Å². The highest BCUT2D eigenvalue weighted by atomic mass is 31.2. The Bertz CT molecular complexity index is 521. The zero-order valence-corrected chi connectivity index (χ0v) is 13.5. The molecule has 0 saturated heterocycles. The molecule has 0 spiro atoms. The summed E-state index contributed by atoms with van der Waals surface area (Å²) in [5.41, 5.74) is 2.15. The van der Waals surface area contributed by atoms with Gasteiger partial charge in [-0.05, 0) is 17.5 Å². The lowest BCUT2D eigenvalue weighted by molar-refractivity contribution is 0.304. The summed E-state index contributed by atoms with van der Waals surface area (Å²) in [6, 6.07) is 19.9. The summed E-state index contributed by atoms with van der Waals surface area (Å²) in [5, 5.41) is 0. The number of hydrogen-bond donors (Lipinski definition) is 0. The van der Waals surface area contributed by atoms with E-state index in [-0.39, 0.29) is 0 Å². The molecule has 0 heterocycles. The fourth-order valence-corrected chi connectivity index (χ4v) is 4.54. The minimum atomic E-state index is -2.69. The molecule has 21 heavy (non-hydrogen) atoms. The van der Waals surface area contributed by atoms with E-state index in [9.17, 15) is 4.57 Å². The van der Waals surface area contributed by atoms with E-state index < -0.39 is 7.37 Å². The van der Waals surface area contributed by atoms with Crippen LogP contribution in [0.5, 0.6) is 0 Å². The lowest BCUT2D eigenvalue weighted by Crippen LogP contribution is -2.00. The molecule has 0 radical (unpaired) electrons. The van der Waals surface area contributed by atoms with Gasteiger partial charge in [0.05, 0.1) is 18.9 Å². The summed E-state index contributed by atoms with van der Waals surface area (Å²) in [6.45, 7) is 2.69. The van der Waals surface area contributed by atoms with E-state index in [4.69, 9.17) is 4.52 Å². The van der Waals surface area contributed by atoms with Crippen LogP contribution in [0, 0.1) is 0 Å². The largest absolute Gasteiger partial charge is 0.328 e. The van der Waals surface area contributed by atoms with Gasteiger partial charge in [-0.25, -0.2) is 0 Å². The highest BCUT2D eigenvalue weighted by molar-refractivity contribution is 7.57. The molecule has 0 fully saturated rings. The van der Waals surface area contributed by atoms with Gasteiger partial charge in [0.1, 0.15) is 0 Å². The van der Waals surface area contributed by atoms with Crippen molar-refractivity contribution in [2.75, 3.05) is 6.61 Å². The molecular weight excluding hydrogens is 279 g/mol. The van der Waals surface area contributed by atoms with Gasteiger partial charge in [0.25, 0.3) is 0 Å². The van der Waals surface area contributed by atoms with Crippen molar-refractivity contribution in [3.63, 3.8) is 0 Å². The number of hydrogen-bond acceptors (Lipinski definition) is 2. The highest BCUT2D eigenvalue weighted by Crippen LogP contribution is 2.53. The van der Waals surface area contributed by atoms with Crippen molar-refractivity contribution in [2.24, 2.45) is 0 Å². The molecule has 2 rings (SSSR count). The molecule has 112 valence electrons. The molecule has 2 aromatic carbocycles. The fraction of sp³-hybridized carbons (Fsp3) is 0.333. The van der Waals surface area contributed by atoms with Gasteiger partial charge in [0.15, 0.2) is 0 Å².